The van der Waals surface area contributed by atoms with Gasteiger partial charge in [-0.15, -0.1) is 0 Å². The van der Waals surface area contributed by atoms with Gasteiger partial charge in [0.15, 0.2) is 0 Å². The third kappa shape index (κ3) is 12.4. The summed E-state index contributed by atoms with van der Waals surface area (Å²) < 4.78 is 1.24. The summed E-state index contributed by atoms with van der Waals surface area (Å²) in [6.07, 6.45) is 0. The standard InChI is InChI=1S/C20H44N.FH/c1-17(2,3)13-21(14-18(4,5)6,15-19(7,8)9)16-20(10,11)12;/h13-16H2,1-12H3;1H/q+1;/p-1. The van der Waals surface area contributed by atoms with Crippen molar-refractivity contribution in [3.63, 3.8) is 0 Å². The average Bonchev–Trinajstić information content (AvgIpc) is 1.83. The molecule has 0 aromatic rings. The van der Waals surface area contributed by atoms with E-state index in [2.05, 4.69) is 83.1 Å². The Morgan fingerprint density at radius 2 is 0.545 bits per heavy atom. The van der Waals surface area contributed by atoms with Crippen LogP contribution >= 0.6 is 0 Å². The van der Waals surface area contributed by atoms with E-state index in [1.807, 2.05) is 0 Å². The van der Waals surface area contributed by atoms with Crippen molar-refractivity contribution in [1.29, 1.82) is 0 Å². The van der Waals surface area contributed by atoms with Crippen molar-refractivity contribution >= 4 is 0 Å². The van der Waals surface area contributed by atoms with E-state index in [4.69, 9.17) is 0 Å². The summed E-state index contributed by atoms with van der Waals surface area (Å²) in [7, 11) is 0. The Bertz CT molecular complexity index is 248. The molecule has 0 aromatic carbocycles. The number of halogens is 1. The van der Waals surface area contributed by atoms with Crippen LogP contribution in [0, 0.1) is 21.7 Å². The molecule has 22 heavy (non-hydrogen) atoms. The minimum atomic E-state index is 0. The molecule has 0 saturated heterocycles. The van der Waals surface area contributed by atoms with Crippen LogP contribution in [-0.4, -0.2) is 30.7 Å². The van der Waals surface area contributed by atoms with Gasteiger partial charge in [-0.1, -0.05) is 83.1 Å². The summed E-state index contributed by atoms with van der Waals surface area (Å²) in [6.45, 7) is 33.8. The van der Waals surface area contributed by atoms with Crippen molar-refractivity contribution in [3.8, 4) is 0 Å². The molecule has 0 radical (unpaired) electrons. The summed E-state index contributed by atoms with van der Waals surface area (Å²) in [5, 5.41) is 0. The van der Waals surface area contributed by atoms with Gasteiger partial charge in [0.1, 0.15) is 0 Å². The van der Waals surface area contributed by atoms with Gasteiger partial charge in [0.25, 0.3) is 0 Å². The third-order valence-corrected chi connectivity index (χ3v) is 3.24. The Kier molecular flexibility index (Phi) is 7.90. The molecule has 136 valence electrons. The minimum absolute atomic E-state index is 0. The minimum Gasteiger partial charge on any atom is -1.00 e. The molecule has 1 nitrogen and oxygen atoms in total. The summed E-state index contributed by atoms with van der Waals surface area (Å²) in [5.74, 6) is 0. The maximum atomic E-state index is 2.40. The quantitative estimate of drug-likeness (QED) is 0.699. The molecule has 0 bridgehead atoms. The molecular formula is C20H44FN. The molecule has 0 heterocycles. The van der Waals surface area contributed by atoms with E-state index >= 15 is 0 Å². The smallest absolute Gasteiger partial charge is 0.0836 e. The fourth-order valence-corrected chi connectivity index (χ4v) is 4.36. The van der Waals surface area contributed by atoms with Gasteiger partial charge in [-0.05, 0) is 0 Å². The van der Waals surface area contributed by atoms with Crippen LogP contribution in [-0.2, 0) is 0 Å². The van der Waals surface area contributed by atoms with Gasteiger partial charge in [0, 0.05) is 21.7 Å². The van der Waals surface area contributed by atoms with Crippen LogP contribution < -0.4 is 4.70 Å². The fraction of sp³-hybridized carbons (Fsp3) is 1.00. The van der Waals surface area contributed by atoms with Crippen LogP contribution in [0.5, 0.6) is 0 Å². The average molecular weight is 318 g/mol. The lowest BCUT2D eigenvalue weighted by molar-refractivity contribution is -0.949. The molecule has 0 N–H and O–H groups in total. The Hall–Kier alpha value is -0.110. The third-order valence-electron chi connectivity index (χ3n) is 3.24. The monoisotopic (exact) mass is 317 g/mol. The normalized spacial score (nSPS) is 14.7. The Morgan fingerprint density at radius 1 is 0.409 bits per heavy atom. The highest BCUT2D eigenvalue weighted by Gasteiger charge is 2.42. The molecule has 0 fully saturated rings. The second kappa shape index (κ2) is 7.20. The van der Waals surface area contributed by atoms with Crippen LogP contribution in [0.1, 0.15) is 83.1 Å². The van der Waals surface area contributed by atoms with Crippen molar-refractivity contribution in [3.05, 3.63) is 0 Å². The highest BCUT2D eigenvalue weighted by atomic mass is 19.0. The topological polar surface area (TPSA) is 0 Å². The molecule has 0 rings (SSSR count). The number of rotatable bonds is 4. The first kappa shape index (κ1) is 24.1. The summed E-state index contributed by atoms with van der Waals surface area (Å²) in [5.41, 5.74) is 1.45. The highest BCUT2D eigenvalue weighted by molar-refractivity contribution is 4.74. The highest BCUT2D eigenvalue weighted by Crippen LogP contribution is 2.35. The maximum Gasteiger partial charge on any atom is 0.0836 e. The van der Waals surface area contributed by atoms with Crippen LogP contribution in [0.3, 0.4) is 0 Å². The van der Waals surface area contributed by atoms with Gasteiger partial charge in [-0.25, -0.2) is 0 Å². The molecule has 0 aromatic heterocycles. The molecule has 2 heteroatoms. The summed E-state index contributed by atoms with van der Waals surface area (Å²) in [4.78, 5) is 0. The zero-order valence-corrected chi connectivity index (χ0v) is 17.7. The zero-order chi connectivity index (χ0) is 17.3. The van der Waals surface area contributed by atoms with Crippen molar-refractivity contribution in [2.45, 2.75) is 83.1 Å². The molecule has 0 unspecified atom stereocenters. The Labute approximate surface area is 140 Å². The van der Waals surface area contributed by atoms with E-state index in [0.717, 1.165) is 0 Å². The predicted octanol–water partition coefficient (Wildman–Crippen LogP) is 2.99. The second-order valence-corrected chi connectivity index (χ2v) is 12.2. The molecule has 0 aliphatic carbocycles. The van der Waals surface area contributed by atoms with E-state index in [1.54, 1.807) is 0 Å². The van der Waals surface area contributed by atoms with Crippen LogP contribution in [0.4, 0.5) is 0 Å². The van der Waals surface area contributed by atoms with E-state index in [1.165, 1.54) is 30.7 Å². The molecule has 0 aliphatic rings. The first-order chi connectivity index (χ1) is 8.83. The van der Waals surface area contributed by atoms with Crippen LogP contribution in [0.15, 0.2) is 0 Å². The van der Waals surface area contributed by atoms with E-state index in [0.29, 0.717) is 21.7 Å². The van der Waals surface area contributed by atoms with Gasteiger partial charge >= 0.3 is 0 Å². The van der Waals surface area contributed by atoms with E-state index < -0.39 is 0 Å². The first-order valence-corrected chi connectivity index (χ1v) is 8.68. The van der Waals surface area contributed by atoms with Crippen molar-refractivity contribution < 1.29 is 9.19 Å². The Morgan fingerprint density at radius 3 is 0.636 bits per heavy atom. The molecule has 0 saturated carbocycles. The molecule has 0 amide bonds. The first-order valence-electron chi connectivity index (χ1n) is 8.68. The number of hydrogen-bond donors (Lipinski definition) is 0. The molecular weight excluding hydrogens is 273 g/mol. The van der Waals surface area contributed by atoms with Crippen LogP contribution in [0.2, 0.25) is 0 Å². The predicted molar refractivity (Wildman–Crippen MR) is 97.5 cm³/mol. The van der Waals surface area contributed by atoms with Crippen molar-refractivity contribution in [1.82, 2.24) is 0 Å². The van der Waals surface area contributed by atoms with E-state index in [9.17, 15) is 0 Å². The number of hydrogen-bond acceptors (Lipinski definition) is 0. The van der Waals surface area contributed by atoms with Gasteiger partial charge in [-0.3, -0.25) is 0 Å². The lowest BCUT2D eigenvalue weighted by Crippen LogP contribution is -3.00. The lowest BCUT2D eigenvalue weighted by atomic mass is 9.83. The summed E-state index contributed by atoms with van der Waals surface area (Å²) >= 11 is 0. The largest absolute Gasteiger partial charge is 1.00 e. The van der Waals surface area contributed by atoms with Gasteiger partial charge in [-0.2, -0.15) is 0 Å². The van der Waals surface area contributed by atoms with Gasteiger partial charge in [0.2, 0.25) is 0 Å². The van der Waals surface area contributed by atoms with Crippen LogP contribution in [0.25, 0.3) is 0 Å². The second-order valence-electron chi connectivity index (χ2n) is 12.2. The molecule has 0 spiro atoms. The molecule has 0 aliphatic heterocycles. The van der Waals surface area contributed by atoms with Crippen molar-refractivity contribution in [2.24, 2.45) is 21.7 Å². The SMILES string of the molecule is CC(C)(C)C[N+](CC(C)(C)C)(CC(C)(C)C)CC(C)(C)C.[F-]. The van der Waals surface area contributed by atoms with Gasteiger partial charge < -0.3 is 9.19 Å². The van der Waals surface area contributed by atoms with Gasteiger partial charge in [0.05, 0.1) is 26.2 Å². The number of quaternary nitrogens is 1. The summed E-state index contributed by atoms with van der Waals surface area (Å²) in [6, 6.07) is 0. The van der Waals surface area contributed by atoms with E-state index in [-0.39, 0.29) is 4.70 Å². The maximum absolute atomic E-state index is 2.40. The zero-order valence-electron chi connectivity index (χ0n) is 17.7. The Balaban J connectivity index is 0. The molecule has 0 atom stereocenters. The lowest BCUT2D eigenvalue weighted by Gasteiger charge is -2.51. The fourth-order valence-electron chi connectivity index (χ4n) is 4.36. The number of nitrogens with zero attached hydrogens (tertiary/aromatic N) is 1. The van der Waals surface area contributed by atoms with Crippen molar-refractivity contribution in [2.75, 3.05) is 26.2 Å².